The molecule has 27 heavy (non-hydrogen) atoms. The minimum atomic E-state index is 0.649. The van der Waals surface area contributed by atoms with Crippen molar-refractivity contribution < 1.29 is 4.74 Å². The molecule has 5 nitrogen and oxygen atoms in total. The normalized spacial score (nSPS) is 15.3. The zero-order chi connectivity index (χ0) is 18.7. The summed E-state index contributed by atoms with van der Waals surface area (Å²) in [5.41, 5.74) is 8.79. The van der Waals surface area contributed by atoms with Crippen molar-refractivity contribution in [3.05, 3.63) is 71.8 Å². The van der Waals surface area contributed by atoms with Crippen LogP contribution in [0.1, 0.15) is 17.5 Å². The van der Waals surface area contributed by atoms with Crippen LogP contribution in [0.4, 0.5) is 0 Å². The maximum Gasteiger partial charge on any atom is 0.191 e. The summed E-state index contributed by atoms with van der Waals surface area (Å²) < 4.78 is 5.36. The number of ether oxygens (including phenoxy) is 1. The first kappa shape index (κ1) is 19.4. The van der Waals surface area contributed by atoms with Crippen LogP contribution in [0.5, 0.6) is 0 Å². The molecule has 2 aromatic rings. The molecule has 0 atom stereocenters. The van der Waals surface area contributed by atoms with Crippen LogP contribution in [0.25, 0.3) is 0 Å². The van der Waals surface area contributed by atoms with Gasteiger partial charge in [-0.2, -0.15) is 0 Å². The summed E-state index contributed by atoms with van der Waals surface area (Å²) in [6.45, 7) is 6.77. The summed E-state index contributed by atoms with van der Waals surface area (Å²) in [4.78, 5) is 9.16. The fourth-order valence-electron chi connectivity index (χ4n) is 3.28. The number of rotatable bonds is 8. The smallest absolute Gasteiger partial charge is 0.191 e. The lowest BCUT2D eigenvalue weighted by molar-refractivity contribution is 0.0674. The van der Waals surface area contributed by atoms with E-state index < -0.39 is 0 Å². The minimum Gasteiger partial charge on any atom is -0.378 e. The highest BCUT2D eigenvalue weighted by molar-refractivity contribution is 5.78. The molecule has 2 aromatic carbocycles. The van der Waals surface area contributed by atoms with Crippen molar-refractivity contribution in [1.29, 1.82) is 0 Å². The summed E-state index contributed by atoms with van der Waals surface area (Å²) in [6.07, 6.45) is 0.991. The maximum absolute atomic E-state index is 6.12. The predicted molar refractivity (Wildman–Crippen MR) is 110 cm³/mol. The van der Waals surface area contributed by atoms with E-state index in [1.807, 2.05) is 0 Å². The number of hydrogen-bond donors (Lipinski definition) is 1. The molecule has 5 heteroatoms. The molecule has 0 aromatic heterocycles. The average Bonchev–Trinajstić information content (AvgIpc) is 2.73. The summed E-state index contributed by atoms with van der Waals surface area (Å²) in [5, 5.41) is 0. The van der Waals surface area contributed by atoms with E-state index in [4.69, 9.17) is 10.5 Å². The molecule has 1 saturated heterocycles. The molecule has 0 amide bonds. The summed E-state index contributed by atoms with van der Waals surface area (Å²) in [5.74, 6) is 0.649. The SMILES string of the molecule is NC(=NCCCN(Cc1ccccc1)Cc1ccccc1)N1CCOCC1. The van der Waals surface area contributed by atoms with Gasteiger partial charge in [-0.3, -0.25) is 9.89 Å². The number of nitrogens with zero attached hydrogens (tertiary/aromatic N) is 3. The van der Waals surface area contributed by atoms with Crippen molar-refractivity contribution in [1.82, 2.24) is 9.80 Å². The van der Waals surface area contributed by atoms with Crippen LogP contribution in [0, 0.1) is 0 Å². The molecule has 3 rings (SSSR count). The Morgan fingerprint density at radius 3 is 2.04 bits per heavy atom. The molecular weight excluding hydrogens is 336 g/mol. The Bertz CT molecular complexity index is 642. The lowest BCUT2D eigenvalue weighted by Gasteiger charge is -2.27. The Morgan fingerprint density at radius 2 is 1.48 bits per heavy atom. The molecule has 0 unspecified atom stereocenters. The highest BCUT2D eigenvalue weighted by Gasteiger charge is 2.12. The molecule has 0 aliphatic carbocycles. The number of hydrogen-bond acceptors (Lipinski definition) is 3. The lowest BCUT2D eigenvalue weighted by Crippen LogP contribution is -2.44. The van der Waals surface area contributed by atoms with Crippen LogP contribution in [-0.2, 0) is 17.8 Å². The van der Waals surface area contributed by atoms with E-state index in [1.54, 1.807) is 0 Å². The quantitative estimate of drug-likeness (QED) is 0.443. The van der Waals surface area contributed by atoms with Crippen molar-refractivity contribution in [3.8, 4) is 0 Å². The molecule has 1 fully saturated rings. The van der Waals surface area contributed by atoms with Crippen LogP contribution in [-0.4, -0.2) is 55.2 Å². The van der Waals surface area contributed by atoms with Crippen LogP contribution in [0.2, 0.25) is 0 Å². The molecule has 1 heterocycles. The second-order valence-corrected chi connectivity index (χ2v) is 6.87. The zero-order valence-corrected chi connectivity index (χ0v) is 16.0. The molecule has 0 spiro atoms. The summed E-state index contributed by atoms with van der Waals surface area (Å²) >= 11 is 0. The van der Waals surface area contributed by atoms with Crippen LogP contribution >= 0.6 is 0 Å². The minimum absolute atomic E-state index is 0.649. The van der Waals surface area contributed by atoms with Gasteiger partial charge in [-0.1, -0.05) is 60.7 Å². The Kier molecular flexibility index (Phi) is 7.69. The van der Waals surface area contributed by atoms with Crippen molar-refractivity contribution >= 4 is 5.96 Å². The monoisotopic (exact) mass is 366 g/mol. The standard InChI is InChI=1S/C22H30N4O/c23-22(26-14-16-27-17-15-26)24-12-7-13-25(18-20-8-3-1-4-9-20)19-21-10-5-2-6-11-21/h1-6,8-11H,7,12-19H2,(H2,23,24). The van der Waals surface area contributed by atoms with Crippen molar-refractivity contribution in [2.75, 3.05) is 39.4 Å². The Labute approximate surface area is 162 Å². The van der Waals surface area contributed by atoms with E-state index in [0.717, 1.165) is 58.9 Å². The van der Waals surface area contributed by atoms with E-state index >= 15 is 0 Å². The third-order valence-corrected chi connectivity index (χ3v) is 4.74. The highest BCUT2D eigenvalue weighted by atomic mass is 16.5. The number of nitrogens with two attached hydrogens (primary N) is 1. The van der Waals surface area contributed by atoms with Crippen molar-refractivity contribution in [2.45, 2.75) is 19.5 Å². The third kappa shape index (κ3) is 6.70. The number of benzene rings is 2. The number of guanidine groups is 1. The van der Waals surface area contributed by atoms with Crippen molar-refractivity contribution in [2.24, 2.45) is 10.7 Å². The maximum atomic E-state index is 6.12. The first-order chi connectivity index (χ1) is 13.3. The molecule has 2 N–H and O–H groups in total. The molecule has 0 saturated carbocycles. The molecular formula is C22H30N4O. The Balaban J connectivity index is 1.52. The predicted octanol–water partition coefficient (Wildman–Crippen LogP) is 2.73. The van der Waals surface area contributed by atoms with Crippen LogP contribution in [0.15, 0.2) is 65.7 Å². The molecule has 1 aliphatic heterocycles. The Morgan fingerprint density at radius 1 is 0.926 bits per heavy atom. The van der Waals surface area contributed by atoms with E-state index in [9.17, 15) is 0 Å². The molecule has 1 aliphatic rings. The van der Waals surface area contributed by atoms with Gasteiger partial charge >= 0.3 is 0 Å². The van der Waals surface area contributed by atoms with E-state index in [0.29, 0.717) is 5.96 Å². The second-order valence-electron chi connectivity index (χ2n) is 6.87. The topological polar surface area (TPSA) is 54.1 Å². The van der Waals surface area contributed by atoms with Gasteiger partial charge in [0, 0.05) is 39.3 Å². The second kappa shape index (κ2) is 10.7. The van der Waals surface area contributed by atoms with E-state index in [2.05, 4.69) is 75.5 Å². The molecule has 0 bridgehead atoms. The van der Waals surface area contributed by atoms with E-state index in [1.165, 1.54) is 11.1 Å². The average molecular weight is 367 g/mol. The fourth-order valence-corrected chi connectivity index (χ4v) is 3.28. The molecule has 0 radical (unpaired) electrons. The zero-order valence-electron chi connectivity index (χ0n) is 16.0. The van der Waals surface area contributed by atoms with Gasteiger partial charge in [0.05, 0.1) is 13.2 Å². The van der Waals surface area contributed by atoms with Crippen LogP contribution in [0.3, 0.4) is 0 Å². The van der Waals surface area contributed by atoms with Gasteiger partial charge in [0.1, 0.15) is 0 Å². The Hall–Kier alpha value is -2.37. The lowest BCUT2D eigenvalue weighted by atomic mass is 10.1. The van der Waals surface area contributed by atoms with Gasteiger partial charge in [-0.15, -0.1) is 0 Å². The summed E-state index contributed by atoms with van der Waals surface area (Å²) in [6, 6.07) is 21.3. The first-order valence-electron chi connectivity index (χ1n) is 9.74. The third-order valence-electron chi connectivity index (χ3n) is 4.74. The van der Waals surface area contributed by atoms with Crippen LogP contribution < -0.4 is 5.73 Å². The summed E-state index contributed by atoms with van der Waals surface area (Å²) in [7, 11) is 0. The number of morpholine rings is 1. The largest absolute Gasteiger partial charge is 0.378 e. The van der Waals surface area contributed by atoms with Gasteiger partial charge in [0.15, 0.2) is 5.96 Å². The molecule has 144 valence electrons. The van der Waals surface area contributed by atoms with Gasteiger partial charge in [0.2, 0.25) is 0 Å². The van der Waals surface area contributed by atoms with Gasteiger partial charge in [-0.05, 0) is 17.5 Å². The number of aliphatic imine (C=N–C) groups is 1. The first-order valence-corrected chi connectivity index (χ1v) is 9.74. The van der Waals surface area contributed by atoms with Gasteiger partial charge in [-0.25, -0.2) is 0 Å². The van der Waals surface area contributed by atoms with Crippen molar-refractivity contribution in [3.63, 3.8) is 0 Å². The highest BCUT2D eigenvalue weighted by Crippen LogP contribution is 2.10. The van der Waals surface area contributed by atoms with E-state index in [-0.39, 0.29) is 0 Å². The van der Waals surface area contributed by atoms with Gasteiger partial charge < -0.3 is 15.4 Å². The fraction of sp³-hybridized carbons (Fsp3) is 0.409. The van der Waals surface area contributed by atoms with Gasteiger partial charge in [0.25, 0.3) is 0 Å².